The Balaban J connectivity index is 3.06. The van der Waals surface area contributed by atoms with E-state index in [1.54, 1.807) is 19.2 Å². The van der Waals surface area contributed by atoms with Crippen LogP contribution in [0.5, 0.6) is 5.75 Å². The number of nitrogens with one attached hydrogen (secondary N) is 1. The molecule has 0 saturated heterocycles. The van der Waals surface area contributed by atoms with E-state index >= 15 is 0 Å². The fraction of sp³-hybridized carbons (Fsp3) is 0.200. The lowest BCUT2D eigenvalue weighted by Crippen LogP contribution is -2.01. The average Bonchev–Trinajstić information content (AvgIpc) is 2.14. The summed E-state index contributed by atoms with van der Waals surface area (Å²) < 4.78 is 5.99. The van der Waals surface area contributed by atoms with Crippen LogP contribution >= 0.6 is 27.5 Å². The molecule has 74 valence electrons. The molecule has 1 N–H and O–H groups in total. The first kappa shape index (κ1) is 11.2. The van der Waals surface area contributed by atoms with Gasteiger partial charge in [0.2, 0.25) is 0 Å². The van der Waals surface area contributed by atoms with Crippen molar-refractivity contribution >= 4 is 33.2 Å². The second-order valence-electron chi connectivity index (χ2n) is 2.53. The molecule has 1 aromatic rings. The molecule has 0 saturated carbocycles. The van der Waals surface area contributed by atoms with Gasteiger partial charge in [-0.1, -0.05) is 17.5 Å². The topological polar surface area (TPSA) is 21.3 Å². The number of anilines is 1. The van der Waals surface area contributed by atoms with E-state index in [4.69, 9.17) is 22.8 Å². The monoisotopic (exact) mass is 273 g/mol. The molecule has 14 heavy (non-hydrogen) atoms. The van der Waals surface area contributed by atoms with Crippen molar-refractivity contribution in [3.8, 4) is 18.1 Å². The largest absolute Gasteiger partial charge is 0.493 e. The highest BCUT2D eigenvalue weighted by molar-refractivity contribution is 9.10. The number of halogens is 2. The Hall–Kier alpha value is -0.850. The number of hydrogen-bond acceptors (Lipinski definition) is 2. The van der Waals surface area contributed by atoms with Crippen LogP contribution < -0.4 is 10.1 Å². The third-order valence-electron chi connectivity index (χ3n) is 1.59. The Morgan fingerprint density at radius 3 is 2.93 bits per heavy atom. The van der Waals surface area contributed by atoms with E-state index in [1.807, 2.05) is 0 Å². The molecule has 0 unspecified atom stereocenters. The zero-order chi connectivity index (χ0) is 10.6. The molecule has 1 aromatic carbocycles. The minimum absolute atomic E-state index is 0.434. The van der Waals surface area contributed by atoms with Crippen LogP contribution in [0.1, 0.15) is 0 Å². The van der Waals surface area contributed by atoms with Crippen molar-refractivity contribution in [1.29, 1.82) is 0 Å². The summed E-state index contributed by atoms with van der Waals surface area (Å²) in [6.45, 7) is 0.434. The van der Waals surface area contributed by atoms with Crippen molar-refractivity contribution in [2.24, 2.45) is 0 Å². The van der Waals surface area contributed by atoms with Crippen molar-refractivity contribution < 1.29 is 4.74 Å². The standard InChI is InChI=1S/C10H9BrClNO/c1-3-4-13-9-6-7(12)5-8(11)10(9)14-2/h1,5-6,13H,4H2,2H3. The molecule has 0 bridgehead atoms. The number of benzene rings is 1. The molecule has 0 aromatic heterocycles. The number of methoxy groups -OCH3 is 1. The van der Waals surface area contributed by atoms with Crippen LogP contribution in [0.3, 0.4) is 0 Å². The van der Waals surface area contributed by atoms with Gasteiger partial charge >= 0.3 is 0 Å². The molecule has 0 atom stereocenters. The predicted octanol–water partition coefficient (Wildman–Crippen LogP) is 3.16. The Kier molecular flexibility index (Phi) is 4.12. The van der Waals surface area contributed by atoms with Gasteiger partial charge in [-0.05, 0) is 28.1 Å². The highest BCUT2D eigenvalue weighted by Gasteiger charge is 2.08. The fourth-order valence-electron chi connectivity index (χ4n) is 1.05. The molecule has 1 rings (SSSR count). The fourth-order valence-corrected chi connectivity index (χ4v) is 2.02. The summed E-state index contributed by atoms with van der Waals surface area (Å²) >= 11 is 9.23. The molecule has 0 aliphatic heterocycles. The molecule has 0 aliphatic carbocycles. The van der Waals surface area contributed by atoms with Crippen LogP contribution in [-0.4, -0.2) is 13.7 Å². The highest BCUT2D eigenvalue weighted by atomic mass is 79.9. The first-order valence-corrected chi connectivity index (χ1v) is 5.06. The number of hydrogen-bond donors (Lipinski definition) is 1. The van der Waals surface area contributed by atoms with Crippen LogP contribution in [0.15, 0.2) is 16.6 Å². The first-order chi connectivity index (χ1) is 6.69. The molecular formula is C10H9BrClNO. The quantitative estimate of drug-likeness (QED) is 0.855. The molecule has 0 spiro atoms. The van der Waals surface area contributed by atoms with Crippen molar-refractivity contribution in [1.82, 2.24) is 0 Å². The van der Waals surface area contributed by atoms with E-state index < -0.39 is 0 Å². The van der Waals surface area contributed by atoms with Gasteiger partial charge in [-0.2, -0.15) is 0 Å². The SMILES string of the molecule is C#CCNc1cc(Cl)cc(Br)c1OC. The summed E-state index contributed by atoms with van der Waals surface area (Å²) in [5.41, 5.74) is 0.782. The van der Waals surface area contributed by atoms with Crippen LogP contribution in [0.25, 0.3) is 0 Å². The Morgan fingerprint density at radius 1 is 1.64 bits per heavy atom. The Bertz CT molecular complexity index is 373. The normalized spacial score (nSPS) is 9.29. The van der Waals surface area contributed by atoms with Crippen LogP contribution in [-0.2, 0) is 0 Å². The maximum absolute atomic E-state index is 5.88. The molecule has 0 fully saturated rings. The Morgan fingerprint density at radius 2 is 2.36 bits per heavy atom. The molecule has 0 aliphatic rings. The van der Waals surface area contributed by atoms with Crippen molar-refractivity contribution in [3.63, 3.8) is 0 Å². The molecule has 0 heterocycles. The van der Waals surface area contributed by atoms with Crippen LogP contribution in [0.4, 0.5) is 5.69 Å². The number of ether oxygens (including phenoxy) is 1. The van der Waals surface area contributed by atoms with E-state index in [0.29, 0.717) is 17.3 Å². The van der Waals surface area contributed by atoms with Gasteiger partial charge in [-0.25, -0.2) is 0 Å². The van der Waals surface area contributed by atoms with Crippen molar-refractivity contribution in [2.45, 2.75) is 0 Å². The molecule has 4 heteroatoms. The van der Waals surface area contributed by atoms with E-state index in [9.17, 15) is 0 Å². The summed E-state index contributed by atoms with van der Waals surface area (Å²) in [6.07, 6.45) is 5.15. The summed E-state index contributed by atoms with van der Waals surface area (Å²) in [7, 11) is 1.59. The van der Waals surface area contributed by atoms with Gasteiger partial charge in [-0.3, -0.25) is 0 Å². The number of terminal acetylenes is 1. The van der Waals surface area contributed by atoms with E-state index in [1.165, 1.54) is 0 Å². The minimum atomic E-state index is 0.434. The maximum Gasteiger partial charge on any atom is 0.156 e. The number of rotatable bonds is 3. The van der Waals surface area contributed by atoms with Gasteiger partial charge in [0.1, 0.15) is 0 Å². The lowest BCUT2D eigenvalue weighted by Gasteiger charge is -2.11. The maximum atomic E-state index is 5.88. The van der Waals surface area contributed by atoms with E-state index in [2.05, 4.69) is 27.2 Å². The van der Waals surface area contributed by atoms with Gasteiger partial charge in [0.05, 0.1) is 23.8 Å². The van der Waals surface area contributed by atoms with Gasteiger partial charge in [-0.15, -0.1) is 6.42 Å². The van der Waals surface area contributed by atoms with Gasteiger partial charge < -0.3 is 10.1 Å². The first-order valence-electron chi connectivity index (χ1n) is 3.89. The van der Waals surface area contributed by atoms with Gasteiger partial charge in [0.25, 0.3) is 0 Å². The minimum Gasteiger partial charge on any atom is -0.493 e. The third-order valence-corrected chi connectivity index (χ3v) is 2.40. The molecule has 2 nitrogen and oxygen atoms in total. The summed E-state index contributed by atoms with van der Waals surface area (Å²) in [5.74, 6) is 3.18. The summed E-state index contributed by atoms with van der Waals surface area (Å²) in [6, 6.07) is 3.53. The van der Waals surface area contributed by atoms with Crippen LogP contribution in [0, 0.1) is 12.3 Å². The zero-order valence-corrected chi connectivity index (χ0v) is 9.95. The molecular weight excluding hydrogens is 265 g/mol. The smallest absolute Gasteiger partial charge is 0.156 e. The Labute approximate surface area is 96.7 Å². The van der Waals surface area contributed by atoms with Crippen molar-refractivity contribution in [2.75, 3.05) is 19.0 Å². The van der Waals surface area contributed by atoms with E-state index in [0.717, 1.165) is 10.2 Å². The van der Waals surface area contributed by atoms with Gasteiger partial charge in [0, 0.05) is 5.02 Å². The second kappa shape index (κ2) is 5.14. The third kappa shape index (κ3) is 2.57. The predicted molar refractivity (Wildman–Crippen MR) is 63.0 cm³/mol. The van der Waals surface area contributed by atoms with Gasteiger partial charge in [0.15, 0.2) is 5.75 Å². The second-order valence-corrected chi connectivity index (χ2v) is 3.82. The lowest BCUT2D eigenvalue weighted by molar-refractivity contribution is 0.414. The van der Waals surface area contributed by atoms with Crippen molar-refractivity contribution in [3.05, 3.63) is 21.6 Å². The summed E-state index contributed by atoms with van der Waals surface area (Å²) in [4.78, 5) is 0. The highest BCUT2D eigenvalue weighted by Crippen LogP contribution is 2.35. The zero-order valence-electron chi connectivity index (χ0n) is 7.60. The van der Waals surface area contributed by atoms with Crippen LogP contribution in [0.2, 0.25) is 5.02 Å². The summed E-state index contributed by atoms with van der Waals surface area (Å²) in [5, 5.41) is 3.64. The molecule has 0 radical (unpaired) electrons. The average molecular weight is 275 g/mol. The lowest BCUT2D eigenvalue weighted by atomic mass is 10.3. The van der Waals surface area contributed by atoms with E-state index in [-0.39, 0.29) is 0 Å². The molecule has 0 amide bonds.